The third-order valence-corrected chi connectivity index (χ3v) is 5.82. The van der Waals surface area contributed by atoms with E-state index in [0.717, 1.165) is 10.3 Å². The highest BCUT2D eigenvalue weighted by Gasteiger charge is 2.22. The Balaban J connectivity index is 1.67. The summed E-state index contributed by atoms with van der Waals surface area (Å²) in [6, 6.07) is 12.6. The lowest BCUT2D eigenvalue weighted by Crippen LogP contribution is -2.36. The van der Waals surface area contributed by atoms with Gasteiger partial charge in [-0.3, -0.25) is 13.5 Å². The molecule has 0 saturated carbocycles. The standard InChI is InChI=1S/C21H24N2O4S/c1-4-16(23-21(25)15-7-5-6-8-19(15)28-23)20(24)22-12-11-14-9-10-17(26-2)18(13-14)27-3/h5-10,13,16H,4,11-12H2,1-3H3,(H,22,24)/t16-/m1/s1. The van der Waals surface area contributed by atoms with Gasteiger partial charge in [0.15, 0.2) is 11.5 Å². The molecule has 3 aromatic rings. The second kappa shape index (κ2) is 8.93. The molecule has 1 aromatic heterocycles. The maximum atomic E-state index is 12.7. The number of hydrogen-bond acceptors (Lipinski definition) is 5. The van der Waals surface area contributed by atoms with Crippen LogP contribution in [0.25, 0.3) is 10.1 Å². The zero-order valence-corrected chi connectivity index (χ0v) is 17.0. The number of hydrogen-bond donors (Lipinski definition) is 1. The van der Waals surface area contributed by atoms with Gasteiger partial charge in [-0.2, -0.15) is 0 Å². The molecule has 0 fully saturated rings. The number of rotatable bonds is 8. The molecule has 0 radical (unpaired) electrons. The van der Waals surface area contributed by atoms with Crippen molar-refractivity contribution < 1.29 is 14.3 Å². The Bertz CT molecular complexity index is 1020. The van der Waals surface area contributed by atoms with Crippen LogP contribution < -0.4 is 20.3 Å². The van der Waals surface area contributed by atoms with E-state index in [-0.39, 0.29) is 11.5 Å². The molecule has 7 heteroatoms. The van der Waals surface area contributed by atoms with Crippen molar-refractivity contribution in [3.05, 3.63) is 58.4 Å². The summed E-state index contributed by atoms with van der Waals surface area (Å²) in [6.07, 6.45) is 1.21. The molecule has 1 heterocycles. The molecule has 1 N–H and O–H groups in total. The fraction of sp³-hybridized carbons (Fsp3) is 0.333. The molecule has 148 valence electrons. The number of carbonyl (C=O) groups is 1. The maximum absolute atomic E-state index is 12.7. The molecule has 0 aliphatic carbocycles. The molecule has 6 nitrogen and oxygen atoms in total. The van der Waals surface area contributed by atoms with E-state index >= 15 is 0 Å². The minimum Gasteiger partial charge on any atom is -0.493 e. The van der Waals surface area contributed by atoms with Gasteiger partial charge in [-0.25, -0.2) is 0 Å². The van der Waals surface area contributed by atoms with Gasteiger partial charge in [-0.15, -0.1) is 0 Å². The van der Waals surface area contributed by atoms with E-state index < -0.39 is 6.04 Å². The van der Waals surface area contributed by atoms with Gasteiger partial charge in [-0.1, -0.05) is 36.7 Å². The van der Waals surface area contributed by atoms with Gasteiger partial charge in [-0.05, 0) is 42.7 Å². The lowest BCUT2D eigenvalue weighted by molar-refractivity contribution is -0.124. The molecule has 3 rings (SSSR count). The monoisotopic (exact) mass is 400 g/mol. The van der Waals surface area contributed by atoms with Gasteiger partial charge in [0.25, 0.3) is 5.56 Å². The second-order valence-corrected chi connectivity index (χ2v) is 7.39. The first-order chi connectivity index (χ1) is 13.6. The molecular weight excluding hydrogens is 376 g/mol. The van der Waals surface area contributed by atoms with Crippen LogP contribution in [0.4, 0.5) is 0 Å². The highest BCUT2D eigenvalue weighted by atomic mass is 32.1. The Labute approximate surface area is 167 Å². The molecule has 0 saturated heterocycles. The van der Waals surface area contributed by atoms with Gasteiger partial charge in [0.1, 0.15) is 6.04 Å². The normalized spacial score (nSPS) is 12.0. The van der Waals surface area contributed by atoms with Gasteiger partial charge < -0.3 is 14.8 Å². The van der Waals surface area contributed by atoms with Crippen molar-refractivity contribution in [2.24, 2.45) is 0 Å². The predicted octanol–water partition coefficient (Wildman–Crippen LogP) is 3.39. The molecule has 0 unspecified atom stereocenters. The van der Waals surface area contributed by atoms with Crippen molar-refractivity contribution >= 4 is 27.5 Å². The SMILES string of the molecule is CC[C@H](C(=O)NCCc1ccc(OC)c(OC)c1)n1sc2ccccc2c1=O. The molecule has 0 aliphatic rings. The molecule has 0 aliphatic heterocycles. The van der Waals surface area contributed by atoms with Crippen LogP contribution in [-0.2, 0) is 11.2 Å². The van der Waals surface area contributed by atoms with Crippen LogP contribution in [0, 0.1) is 0 Å². The van der Waals surface area contributed by atoms with E-state index in [1.54, 1.807) is 24.2 Å². The quantitative estimate of drug-likeness (QED) is 0.629. The highest BCUT2D eigenvalue weighted by Crippen LogP contribution is 2.27. The Morgan fingerprint density at radius 3 is 2.57 bits per heavy atom. The number of carbonyl (C=O) groups excluding carboxylic acids is 1. The minimum absolute atomic E-state index is 0.109. The lowest BCUT2D eigenvalue weighted by Gasteiger charge is -2.15. The number of benzene rings is 2. The van der Waals surface area contributed by atoms with Crippen molar-refractivity contribution in [3.8, 4) is 11.5 Å². The highest BCUT2D eigenvalue weighted by molar-refractivity contribution is 7.14. The maximum Gasteiger partial charge on any atom is 0.269 e. The first-order valence-corrected chi connectivity index (χ1v) is 9.95. The molecule has 1 atom stereocenters. The summed E-state index contributed by atoms with van der Waals surface area (Å²) in [4.78, 5) is 25.3. The number of methoxy groups -OCH3 is 2. The molecular formula is C21H24N2O4S. The number of nitrogens with one attached hydrogen (secondary N) is 1. The molecule has 0 bridgehead atoms. The second-order valence-electron chi connectivity index (χ2n) is 6.37. The zero-order chi connectivity index (χ0) is 20.1. The number of fused-ring (bicyclic) bond motifs is 1. The predicted molar refractivity (Wildman–Crippen MR) is 112 cm³/mol. The topological polar surface area (TPSA) is 69.6 Å². The summed E-state index contributed by atoms with van der Waals surface area (Å²) < 4.78 is 13.0. The van der Waals surface area contributed by atoms with Crippen LogP contribution in [0.15, 0.2) is 47.3 Å². The third-order valence-electron chi connectivity index (χ3n) is 4.65. The van der Waals surface area contributed by atoms with Gasteiger partial charge in [0, 0.05) is 6.54 Å². The number of nitrogens with zero attached hydrogens (tertiary/aromatic N) is 1. The van der Waals surface area contributed by atoms with Crippen LogP contribution in [0.1, 0.15) is 24.9 Å². The molecule has 0 spiro atoms. The van der Waals surface area contributed by atoms with Crippen LogP contribution in [0.2, 0.25) is 0 Å². The Hall–Kier alpha value is -2.80. The summed E-state index contributed by atoms with van der Waals surface area (Å²) in [5, 5.41) is 3.61. The summed E-state index contributed by atoms with van der Waals surface area (Å²) in [5.41, 5.74) is 0.924. The number of aromatic nitrogens is 1. The largest absolute Gasteiger partial charge is 0.493 e. The van der Waals surface area contributed by atoms with Gasteiger partial charge in [0.2, 0.25) is 5.91 Å². The van der Waals surface area contributed by atoms with Crippen LogP contribution in [-0.4, -0.2) is 30.6 Å². The number of amides is 1. The average Bonchev–Trinajstić information content (AvgIpc) is 3.05. The van der Waals surface area contributed by atoms with E-state index in [9.17, 15) is 9.59 Å². The summed E-state index contributed by atoms with van der Waals surface area (Å²) >= 11 is 1.34. The smallest absolute Gasteiger partial charge is 0.269 e. The zero-order valence-electron chi connectivity index (χ0n) is 16.2. The summed E-state index contributed by atoms with van der Waals surface area (Å²) in [5.74, 6) is 1.19. The van der Waals surface area contributed by atoms with Crippen molar-refractivity contribution in [2.75, 3.05) is 20.8 Å². The van der Waals surface area contributed by atoms with Crippen molar-refractivity contribution in [3.63, 3.8) is 0 Å². The van der Waals surface area contributed by atoms with E-state index in [4.69, 9.17) is 9.47 Å². The van der Waals surface area contributed by atoms with E-state index in [1.165, 1.54) is 11.5 Å². The van der Waals surface area contributed by atoms with Crippen molar-refractivity contribution in [1.29, 1.82) is 0 Å². The summed E-state index contributed by atoms with van der Waals surface area (Å²) in [7, 11) is 3.19. The Kier molecular flexibility index (Phi) is 6.36. The first kappa shape index (κ1) is 19.9. The minimum atomic E-state index is -0.504. The first-order valence-electron chi connectivity index (χ1n) is 9.18. The van der Waals surface area contributed by atoms with Crippen molar-refractivity contribution in [1.82, 2.24) is 9.27 Å². The fourth-order valence-electron chi connectivity index (χ4n) is 3.14. The van der Waals surface area contributed by atoms with E-state index in [0.29, 0.717) is 36.3 Å². The molecule has 1 amide bonds. The average molecular weight is 401 g/mol. The third kappa shape index (κ3) is 4.04. The number of ether oxygens (including phenoxy) is 2. The lowest BCUT2D eigenvalue weighted by atomic mass is 10.1. The summed E-state index contributed by atoms with van der Waals surface area (Å²) in [6.45, 7) is 2.39. The van der Waals surface area contributed by atoms with Crippen molar-refractivity contribution in [2.45, 2.75) is 25.8 Å². The van der Waals surface area contributed by atoms with Crippen LogP contribution in [0.5, 0.6) is 11.5 Å². The van der Waals surface area contributed by atoms with Gasteiger partial charge >= 0.3 is 0 Å². The van der Waals surface area contributed by atoms with Crippen LogP contribution in [0.3, 0.4) is 0 Å². The van der Waals surface area contributed by atoms with Gasteiger partial charge in [0.05, 0.1) is 24.3 Å². The van der Waals surface area contributed by atoms with E-state index in [1.807, 2.05) is 43.3 Å². The van der Waals surface area contributed by atoms with E-state index in [2.05, 4.69) is 5.32 Å². The van der Waals surface area contributed by atoms with Crippen LogP contribution >= 0.6 is 11.5 Å². The fourth-order valence-corrected chi connectivity index (χ4v) is 4.29. The Morgan fingerprint density at radius 2 is 1.89 bits per heavy atom. The Morgan fingerprint density at radius 1 is 1.14 bits per heavy atom. The molecule has 28 heavy (non-hydrogen) atoms. The molecule has 2 aromatic carbocycles.